The van der Waals surface area contributed by atoms with Gasteiger partial charge in [-0.15, -0.1) is 0 Å². The summed E-state index contributed by atoms with van der Waals surface area (Å²) >= 11 is 3.55. The number of H-pyrrole nitrogens is 1. The van der Waals surface area contributed by atoms with E-state index in [4.69, 9.17) is 10.8 Å². The molecule has 0 radical (unpaired) electrons. The molecule has 1 atom stereocenters. The van der Waals surface area contributed by atoms with Crippen molar-refractivity contribution in [2.75, 3.05) is 6.61 Å². The lowest BCUT2D eigenvalue weighted by atomic mass is 10.0. The summed E-state index contributed by atoms with van der Waals surface area (Å²) in [5.41, 5.74) is 9.25. The normalized spacial score (nSPS) is 13.2. The Bertz CT molecular complexity index is 507. The van der Waals surface area contributed by atoms with Crippen LogP contribution in [0.2, 0.25) is 0 Å². The second-order valence-corrected chi connectivity index (χ2v) is 4.93. The van der Waals surface area contributed by atoms with Gasteiger partial charge >= 0.3 is 0 Å². The van der Waals surface area contributed by atoms with Gasteiger partial charge in [0.1, 0.15) is 0 Å². The van der Waals surface area contributed by atoms with E-state index in [2.05, 4.69) is 33.9 Å². The number of nitrogens with one attached hydrogen (secondary N) is 1. The topological polar surface area (TPSA) is 62.0 Å². The van der Waals surface area contributed by atoms with Crippen LogP contribution in [0.25, 0.3) is 10.9 Å². The summed E-state index contributed by atoms with van der Waals surface area (Å²) in [5, 5.41) is 10.2. The minimum Gasteiger partial charge on any atom is -0.395 e. The molecule has 86 valence electrons. The number of aromatic nitrogens is 1. The maximum atomic E-state index is 8.98. The molecule has 0 saturated carbocycles. The molecule has 4 heteroatoms. The molecule has 2 aromatic rings. The van der Waals surface area contributed by atoms with Crippen LogP contribution in [0.3, 0.4) is 0 Å². The summed E-state index contributed by atoms with van der Waals surface area (Å²) in [7, 11) is 0. The van der Waals surface area contributed by atoms with Crippen LogP contribution in [0.15, 0.2) is 22.8 Å². The molecule has 0 saturated heterocycles. The number of hydrogen-bond donors (Lipinski definition) is 3. The second kappa shape index (κ2) is 4.57. The van der Waals surface area contributed by atoms with E-state index in [0.29, 0.717) is 6.42 Å². The highest BCUT2D eigenvalue weighted by Gasteiger charge is 2.11. The number of aryl methyl sites for hydroxylation is 1. The van der Waals surface area contributed by atoms with E-state index in [1.54, 1.807) is 0 Å². The maximum absolute atomic E-state index is 8.98. The molecule has 0 bridgehead atoms. The predicted molar refractivity (Wildman–Crippen MR) is 69.5 cm³/mol. The largest absolute Gasteiger partial charge is 0.395 e. The molecule has 16 heavy (non-hydrogen) atoms. The predicted octanol–water partition coefficient (Wildman–Crippen LogP) is 2.10. The number of benzene rings is 1. The van der Waals surface area contributed by atoms with Gasteiger partial charge in [-0.1, -0.05) is 22.0 Å². The molecule has 4 N–H and O–H groups in total. The van der Waals surface area contributed by atoms with Crippen LogP contribution in [0.5, 0.6) is 0 Å². The van der Waals surface area contributed by atoms with Crippen LogP contribution in [0, 0.1) is 6.92 Å². The van der Waals surface area contributed by atoms with Crippen molar-refractivity contribution in [2.24, 2.45) is 5.73 Å². The summed E-state index contributed by atoms with van der Waals surface area (Å²) in [6.45, 7) is 2.08. The zero-order valence-electron chi connectivity index (χ0n) is 9.13. The molecule has 1 aromatic heterocycles. The molecule has 3 nitrogen and oxygen atoms in total. The van der Waals surface area contributed by atoms with Crippen LogP contribution in [0.4, 0.5) is 0 Å². The number of aliphatic hydroxyl groups is 1. The highest BCUT2D eigenvalue weighted by molar-refractivity contribution is 9.10. The number of hydrogen-bond acceptors (Lipinski definition) is 2. The number of halogens is 1. The van der Waals surface area contributed by atoms with Crippen molar-refractivity contribution < 1.29 is 5.11 Å². The van der Waals surface area contributed by atoms with Crippen molar-refractivity contribution in [1.29, 1.82) is 0 Å². The molecular weight excluding hydrogens is 268 g/mol. The van der Waals surface area contributed by atoms with Crippen molar-refractivity contribution in [1.82, 2.24) is 4.98 Å². The number of rotatable bonds is 3. The lowest BCUT2D eigenvalue weighted by molar-refractivity contribution is 0.265. The first-order valence-electron chi connectivity index (χ1n) is 5.25. The van der Waals surface area contributed by atoms with Crippen molar-refractivity contribution in [2.45, 2.75) is 19.4 Å². The molecule has 0 aliphatic heterocycles. The highest BCUT2D eigenvalue weighted by Crippen LogP contribution is 2.29. The Morgan fingerprint density at radius 1 is 1.50 bits per heavy atom. The van der Waals surface area contributed by atoms with Crippen molar-refractivity contribution in [3.05, 3.63) is 33.9 Å². The minimum absolute atomic E-state index is 0.0100. The summed E-state index contributed by atoms with van der Waals surface area (Å²) in [5.74, 6) is 0. The number of aromatic amines is 1. The maximum Gasteiger partial charge on any atom is 0.0585 e. The first kappa shape index (κ1) is 11.6. The fourth-order valence-electron chi connectivity index (χ4n) is 1.92. The molecule has 1 aromatic carbocycles. The van der Waals surface area contributed by atoms with E-state index in [1.165, 1.54) is 10.9 Å². The molecular formula is C12H15BrN2O. The third kappa shape index (κ3) is 2.00. The standard InChI is InChI=1S/C12H15BrN2O/c1-7-2-3-10(13)11-8(4-9(14)6-16)5-15-12(7)11/h2-3,5,9,15-16H,4,6,14H2,1H3. The summed E-state index contributed by atoms with van der Waals surface area (Å²) in [6, 6.07) is 3.91. The van der Waals surface area contributed by atoms with Gasteiger partial charge in [-0.3, -0.25) is 0 Å². The first-order valence-corrected chi connectivity index (χ1v) is 6.04. The van der Waals surface area contributed by atoms with Crippen LogP contribution in [0.1, 0.15) is 11.1 Å². The number of nitrogens with two attached hydrogens (primary N) is 1. The zero-order valence-corrected chi connectivity index (χ0v) is 10.7. The Balaban J connectivity index is 2.51. The third-order valence-electron chi connectivity index (χ3n) is 2.79. The van der Waals surface area contributed by atoms with Gasteiger partial charge in [0.05, 0.1) is 6.61 Å². The lowest BCUT2D eigenvalue weighted by Gasteiger charge is -2.07. The van der Waals surface area contributed by atoms with Crippen LogP contribution in [-0.4, -0.2) is 22.7 Å². The molecule has 0 aliphatic carbocycles. The van der Waals surface area contributed by atoms with Gasteiger partial charge in [0.15, 0.2) is 0 Å². The van der Waals surface area contributed by atoms with Crippen LogP contribution in [-0.2, 0) is 6.42 Å². The number of aliphatic hydroxyl groups excluding tert-OH is 1. The smallest absolute Gasteiger partial charge is 0.0585 e. The summed E-state index contributed by atoms with van der Waals surface area (Å²) < 4.78 is 1.06. The molecule has 1 unspecified atom stereocenters. The average Bonchev–Trinajstić information content (AvgIpc) is 2.68. The van der Waals surface area contributed by atoms with E-state index in [0.717, 1.165) is 15.6 Å². The van der Waals surface area contributed by atoms with E-state index < -0.39 is 0 Å². The summed E-state index contributed by atoms with van der Waals surface area (Å²) in [6.07, 6.45) is 2.65. The van der Waals surface area contributed by atoms with Crippen molar-refractivity contribution in [3.8, 4) is 0 Å². The van der Waals surface area contributed by atoms with Gasteiger partial charge in [0.2, 0.25) is 0 Å². The fourth-order valence-corrected chi connectivity index (χ4v) is 2.51. The Morgan fingerprint density at radius 3 is 2.94 bits per heavy atom. The van der Waals surface area contributed by atoms with Gasteiger partial charge in [-0.2, -0.15) is 0 Å². The van der Waals surface area contributed by atoms with Crippen molar-refractivity contribution >= 4 is 26.8 Å². The SMILES string of the molecule is Cc1ccc(Br)c2c(CC(N)CO)c[nH]c12. The van der Waals surface area contributed by atoms with Crippen LogP contribution >= 0.6 is 15.9 Å². The highest BCUT2D eigenvalue weighted by atomic mass is 79.9. The van der Waals surface area contributed by atoms with E-state index in [9.17, 15) is 0 Å². The van der Waals surface area contributed by atoms with Crippen LogP contribution < -0.4 is 5.73 Å². The van der Waals surface area contributed by atoms with Crippen molar-refractivity contribution in [3.63, 3.8) is 0 Å². The van der Waals surface area contributed by atoms with Gasteiger partial charge < -0.3 is 15.8 Å². The van der Waals surface area contributed by atoms with Gasteiger partial charge in [-0.25, -0.2) is 0 Å². The van der Waals surface area contributed by atoms with E-state index >= 15 is 0 Å². The Morgan fingerprint density at radius 2 is 2.25 bits per heavy atom. The Labute approximate surface area is 103 Å². The third-order valence-corrected chi connectivity index (χ3v) is 3.45. The monoisotopic (exact) mass is 282 g/mol. The molecule has 1 heterocycles. The van der Waals surface area contributed by atoms with Gasteiger partial charge in [0, 0.05) is 27.6 Å². The first-order chi connectivity index (χ1) is 7.63. The molecule has 0 amide bonds. The van der Waals surface area contributed by atoms with E-state index in [-0.39, 0.29) is 12.6 Å². The number of fused-ring (bicyclic) bond motifs is 1. The quantitative estimate of drug-likeness (QED) is 0.807. The van der Waals surface area contributed by atoms with Gasteiger partial charge in [0.25, 0.3) is 0 Å². The van der Waals surface area contributed by atoms with Gasteiger partial charge in [-0.05, 0) is 30.5 Å². The second-order valence-electron chi connectivity index (χ2n) is 4.07. The molecule has 0 aliphatic rings. The zero-order chi connectivity index (χ0) is 11.7. The fraction of sp³-hybridized carbons (Fsp3) is 0.333. The van der Waals surface area contributed by atoms with E-state index in [1.807, 2.05) is 12.3 Å². The minimum atomic E-state index is -0.202. The Hall–Kier alpha value is -0.840. The molecule has 0 spiro atoms. The average molecular weight is 283 g/mol. The molecule has 0 fully saturated rings. The lowest BCUT2D eigenvalue weighted by Crippen LogP contribution is -2.26. The summed E-state index contributed by atoms with van der Waals surface area (Å²) in [4.78, 5) is 3.26. The Kier molecular flexibility index (Phi) is 3.33. The molecule has 2 rings (SSSR count).